The Morgan fingerprint density at radius 1 is 1.25 bits per heavy atom. The summed E-state index contributed by atoms with van der Waals surface area (Å²) in [5.41, 5.74) is -0.935. The average Bonchev–Trinajstić information content (AvgIpc) is 2.46. The molecule has 1 aliphatic carbocycles. The molecule has 1 unspecified atom stereocenters. The summed E-state index contributed by atoms with van der Waals surface area (Å²) in [6.45, 7) is 2.07. The molecule has 1 atom stereocenters. The second-order valence-corrected chi connectivity index (χ2v) is 9.69. The topological polar surface area (TPSA) is 54.4 Å². The number of rotatable bonds is 5. The van der Waals surface area contributed by atoms with E-state index < -0.39 is 18.3 Å². The van der Waals surface area contributed by atoms with E-state index in [4.69, 9.17) is 0 Å². The van der Waals surface area contributed by atoms with E-state index in [9.17, 15) is 12.8 Å². The average molecular weight is 341 g/mol. The summed E-state index contributed by atoms with van der Waals surface area (Å²) in [5, 5.41) is 10.6. The molecule has 4 heteroatoms. The second kappa shape index (κ2) is 6.21. The van der Waals surface area contributed by atoms with Crippen molar-refractivity contribution in [3.05, 3.63) is 40.9 Å². The van der Waals surface area contributed by atoms with Gasteiger partial charge in [-0.05, 0) is 0 Å². The van der Waals surface area contributed by atoms with Crippen LogP contribution in [0.25, 0.3) is 0 Å². The van der Waals surface area contributed by atoms with Gasteiger partial charge in [0.15, 0.2) is 0 Å². The van der Waals surface area contributed by atoms with Crippen LogP contribution in [0.15, 0.2) is 40.9 Å². The summed E-state index contributed by atoms with van der Waals surface area (Å²) in [5.74, 6) is 0. The maximum atomic E-state index is 12.6. The number of hydrogen-bond donors (Lipinski definition) is 1. The summed E-state index contributed by atoms with van der Waals surface area (Å²) < 4.78 is 26.1. The van der Waals surface area contributed by atoms with Crippen molar-refractivity contribution < 1.29 is 12.8 Å². The first-order chi connectivity index (χ1) is 9.48. The maximum absolute atomic E-state index is 12.6. The van der Waals surface area contributed by atoms with E-state index in [0.29, 0.717) is 28.2 Å². The Kier molecular flexibility index (Phi) is 4.79. The van der Waals surface area contributed by atoms with E-state index in [2.05, 4.69) is 6.92 Å². The van der Waals surface area contributed by atoms with Crippen LogP contribution in [0.5, 0.6) is 0 Å². The van der Waals surface area contributed by atoms with E-state index in [0.717, 1.165) is 19.3 Å². The number of unbranched alkanes of at least 4 members (excludes halogenated alkanes) is 1. The van der Waals surface area contributed by atoms with Crippen molar-refractivity contribution in [1.29, 1.82) is 0 Å². The monoisotopic (exact) mass is 342 g/mol. The summed E-state index contributed by atoms with van der Waals surface area (Å²) in [6, 6.07) is 8.57. The van der Waals surface area contributed by atoms with Crippen LogP contribution in [-0.4, -0.2) is 23.4 Å². The van der Waals surface area contributed by atoms with Gasteiger partial charge in [-0.25, -0.2) is 0 Å². The molecule has 0 saturated heterocycles. The molecule has 1 N–H and O–H groups in total. The molecule has 2 rings (SSSR count). The van der Waals surface area contributed by atoms with E-state index in [1.807, 2.05) is 6.07 Å². The Balaban J connectivity index is 2.32. The first-order valence-corrected chi connectivity index (χ1v) is 10.3. The van der Waals surface area contributed by atoms with Crippen LogP contribution in [0.1, 0.15) is 45.4 Å². The fourth-order valence-electron chi connectivity index (χ4n) is 2.66. The molecule has 20 heavy (non-hydrogen) atoms. The number of aliphatic hydroxyl groups is 1. The first-order valence-electron chi connectivity index (χ1n) is 7.22. The van der Waals surface area contributed by atoms with Crippen LogP contribution < -0.4 is 4.46 Å². The van der Waals surface area contributed by atoms with Crippen LogP contribution in [0.2, 0.25) is 0 Å². The SMILES string of the molecule is CCCCC1(O)C=C([Se](=O)(=O)c2ccccc2)CCC1. The van der Waals surface area contributed by atoms with E-state index in [1.54, 1.807) is 30.3 Å². The minimum atomic E-state index is -4.31. The van der Waals surface area contributed by atoms with Gasteiger partial charge >= 0.3 is 122 Å². The van der Waals surface area contributed by atoms with Crippen LogP contribution >= 0.6 is 0 Å². The summed E-state index contributed by atoms with van der Waals surface area (Å²) in [4.78, 5) is 0. The molecular weight excluding hydrogens is 319 g/mol. The predicted octanol–water partition coefficient (Wildman–Crippen LogP) is 2.77. The third-order valence-corrected chi connectivity index (χ3v) is 7.82. The zero-order chi connectivity index (χ0) is 14.6. The van der Waals surface area contributed by atoms with Gasteiger partial charge < -0.3 is 0 Å². The van der Waals surface area contributed by atoms with E-state index >= 15 is 0 Å². The molecular formula is C16H22O3Se. The van der Waals surface area contributed by atoms with Gasteiger partial charge in [0.05, 0.1) is 0 Å². The molecule has 0 radical (unpaired) electrons. The van der Waals surface area contributed by atoms with E-state index in [1.165, 1.54) is 0 Å². The van der Waals surface area contributed by atoms with Crippen molar-refractivity contribution in [3.8, 4) is 0 Å². The molecule has 0 amide bonds. The van der Waals surface area contributed by atoms with Gasteiger partial charge in [0.2, 0.25) is 0 Å². The zero-order valence-electron chi connectivity index (χ0n) is 11.9. The van der Waals surface area contributed by atoms with Gasteiger partial charge in [-0.1, -0.05) is 0 Å². The van der Waals surface area contributed by atoms with E-state index in [-0.39, 0.29) is 0 Å². The third-order valence-electron chi connectivity index (χ3n) is 3.82. The number of benzene rings is 1. The Bertz CT molecular complexity index is 575. The molecule has 1 aliphatic rings. The van der Waals surface area contributed by atoms with Crippen LogP contribution in [0, 0.1) is 0 Å². The third kappa shape index (κ3) is 3.38. The fraction of sp³-hybridized carbons (Fsp3) is 0.500. The molecule has 0 heterocycles. The van der Waals surface area contributed by atoms with Crippen molar-refractivity contribution in [3.63, 3.8) is 0 Å². The van der Waals surface area contributed by atoms with Crippen LogP contribution in [0.3, 0.4) is 0 Å². The standard InChI is InChI=1S/C16H22O3Se/c1-2-3-11-16(17)12-7-10-15(13-16)20(18,19)14-8-5-4-6-9-14/h4-6,8-9,13,17H,2-3,7,10-12H2,1H3. The number of allylic oxidation sites excluding steroid dienone is 1. The molecule has 1 aromatic rings. The zero-order valence-corrected chi connectivity index (χ0v) is 13.6. The van der Waals surface area contributed by atoms with Gasteiger partial charge in [0, 0.05) is 0 Å². The first kappa shape index (κ1) is 15.4. The van der Waals surface area contributed by atoms with Crippen molar-refractivity contribution in [2.24, 2.45) is 0 Å². The minimum absolute atomic E-state index is 0.384. The molecule has 0 bridgehead atoms. The fourth-order valence-corrected chi connectivity index (χ4v) is 6.02. The van der Waals surface area contributed by atoms with Gasteiger partial charge in [0.1, 0.15) is 0 Å². The molecule has 110 valence electrons. The Labute approximate surface area is 122 Å². The normalized spacial score (nSPS) is 23.4. The van der Waals surface area contributed by atoms with Gasteiger partial charge in [0.25, 0.3) is 0 Å². The van der Waals surface area contributed by atoms with Gasteiger partial charge in [-0.3, -0.25) is 0 Å². The molecule has 3 nitrogen and oxygen atoms in total. The van der Waals surface area contributed by atoms with Gasteiger partial charge in [-0.2, -0.15) is 0 Å². The van der Waals surface area contributed by atoms with Crippen molar-refractivity contribution in [2.75, 3.05) is 0 Å². The van der Waals surface area contributed by atoms with Gasteiger partial charge in [-0.15, -0.1) is 0 Å². The molecule has 0 aromatic heterocycles. The quantitative estimate of drug-likeness (QED) is 0.838. The van der Waals surface area contributed by atoms with Crippen LogP contribution in [0.4, 0.5) is 0 Å². The number of hydrogen-bond acceptors (Lipinski definition) is 3. The van der Waals surface area contributed by atoms with Crippen LogP contribution in [-0.2, 0) is 7.67 Å². The molecule has 0 aliphatic heterocycles. The van der Waals surface area contributed by atoms with Crippen molar-refractivity contribution >= 4 is 17.2 Å². The summed E-state index contributed by atoms with van der Waals surface area (Å²) >= 11 is -4.31. The second-order valence-electron chi connectivity index (χ2n) is 5.49. The molecule has 1 aromatic carbocycles. The Morgan fingerprint density at radius 2 is 1.95 bits per heavy atom. The summed E-state index contributed by atoms with van der Waals surface area (Å²) in [7, 11) is 0. The Morgan fingerprint density at radius 3 is 2.60 bits per heavy atom. The molecule has 0 fully saturated rings. The molecule has 0 spiro atoms. The predicted molar refractivity (Wildman–Crippen MR) is 79.6 cm³/mol. The van der Waals surface area contributed by atoms with Crippen molar-refractivity contribution in [1.82, 2.24) is 0 Å². The Hall–Kier alpha value is -0.961. The molecule has 0 saturated carbocycles. The van der Waals surface area contributed by atoms with Crippen molar-refractivity contribution in [2.45, 2.75) is 51.0 Å². The summed E-state index contributed by atoms with van der Waals surface area (Å²) in [6.07, 6.45) is 6.15.